The zero-order valence-electron chi connectivity index (χ0n) is 68.9. The molecule has 624 valence electrons. The van der Waals surface area contributed by atoms with E-state index in [0.717, 1.165) is 95.8 Å². The highest BCUT2D eigenvalue weighted by atomic mass is 31.2. The second-order valence-corrected chi connectivity index (χ2v) is 34.3. The van der Waals surface area contributed by atoms with E-state index < -0.39 is 97.5 Å². The Morgan fingerprint density at radius 3 is 0.648 bits per heavy atom. The fraction of sp³-hybridized carbons (Fsp3) is 0.953. The van der Waals surface area contributed by atoms with Gasteiger partial charge in [0.15, 0.2) is 12.2 Å². The summed E-state index contributed by atoms with van der Waals surface area (Å²) in [6.07, 6.45) is 72.3. The molecule has 17 nitrogen and oxygen atoms in total. The van der Waals surface area contributed by atoms with Gasteiger partial charge in [-0.2, -0.15) is 0 Å². The molecule has 19 heteroatoms. The SMILES string of the molecule is CCCCCCCCCCCCCCCCCCCCCCC(=O)OC[C@H](COP(=O)(O)OC[C@@H](O)COP(=O)(O)OC[C@@H](COC(=O)CCCCCCCCCCC)OC(=O)CCCCCCCCCCCCCCCC(C)C)OC(=O)CCCCCCCCCCCCCCCCCCCCCC. The summed E-state index contributed by atoms with van der Waals surface area (Å²) < 4.78 is 68.9. The van der Waals surface area contributed by atoms with E-state index in [1.54, 1.807) is 0 Å². The number of hydrogen-bond donors (Lipinski definition) is 3. The highest BCUT2D eigenvalue weighted by Gasteiger charge is 2.30. The van der Waals surface area contributed by atoms with Crippen LogP contribution in [0.25, 0.3) is 0 Å². The predicted octanol–water partition coefficient (Wildman–Crippen LogP) is 26.4. The van der Waals surface area contributed by atoms with Gasteiger partial charge in [-0.25, -0.2) is 9.13 Å². The standard InChI is InChI=1S/C86H168O17P2/c1-6-9-12-15-18-21-23-25-27-29-31-33-35-37-41-45-50-55-60-65-70-84(89)97-76-82(103-85(90)71-66-61-56-51-46-42-38-36-34-32-30-28-26-24-22-19-16-13-10-7-2)78-101-105(94,95)99-74-80(87)73-98-104(92,93)100-77-81(75-96-83(88)69-64-59-54-48-20-17-14-11-8-3)102-86(91)72-67-62-57-52-47-43-39-40-44-49-53-58-63-68-79(4)5/h79-82,87H,6-78H2,1-5H3,(H,92,93)(H,94,95)/t80-,81+,82+/m0/s1. The van der Waals surface area contributed by atoms with E-state index in [-0.39, 0.29) is 25.7 Å². The zero-order valence-corrected chi connectivity index (χ0v) is 70.7. The third-order valence-electron chi connectivity index (χ3n) is 20.3. The summed E-state index contributed by atoms with van der Waals surface area (Å²) in [5.74, 6) is -1.31. The van der Waals surface area contributed by atoms with E-state index in [4.69, 9.17) is 37.0 Å². The van der Waals surface area contributed by atoms with Crippen molar-refractivity contribution >= 4 is 39.5 Å². The van der Waals surface area contributed by atoms with Crippen LogP contribution in [0.2, 0.25) is 0 Å². The zero-order chi connectivity index (χ0) is 76.9. The molecular formula is C86H168O17P2. The molecule has 0 aliphatic rings. The molecule has 0 aromatic heterocycles. The molecule has 0 bridgehead atoms. The molecule has 0 radical (unpaired) electrons. The molecule has 5 atom stereocenters. The van der Waals surface area contributed by atoms with Crippen LogP contribution in [0.5, 0.6) is 0 Å². The fourth-order valence-corrected chi connectivity index (χ4v) is 15.1. The quantitative estimate of drug-likeness (QED) is 0.0222. The molecule has 0 saturated heterocycles. The van der Waals surface area contributed by atoms with Gasteiger partial charge in [-0.05, 0) is 31.6 Å². The second kappa shape index (κ2) is 78.7. The summed E-state index contributed by atoms with van der Waals surface area (Å²) in [4.78, 5) is 73.2. The lowest BCUT2D eigenvalue weighted by atomic mass is 10.0. The Bertz CT molecular complexity index is 2000. The van der Waals surface area contributed by atoms with Gasteiger partial charge in [0.2, 0.25) is 0 Å². The van der Waals surface area contributed by atoms with Crippen molar-refractivity contribution in [3.8, 4) is 0 Å². The van der Waals surface area contributed by atoms with Gasteiger partial charge < -0.3 is 33.8 Å². The van der Waals surface area contributed by atoms with Crippen molar-refractivity contribution in [2.45, 2.75) is 483 Å². The van der Waals surface area contributed by atoms with E-state index in [1.807, 2.05) is 0 Å². The summed E-state index contributed by atoms with van der Waals surface area (Å²) in [5, 5.41) is 10.7. The van der Waals surface area contributed by atoms with Gasteiger partial charge in [0.05, 0.1) is 26.4 Å². The minimum Gasteiger partial charge on any atom is -0.462 e. The summed E-state index contributed by atoms with van der Waals surface area (Å²) in [6, 6.07) is 0. The fourth-order valence-electron chi connectivity index (χ4n) is 13.5. The summed E-state index contributed by atoms with van der Waals surface area (Å²) in [5.41, 5.74) is 0. The number of carbonyl (C=O) groups is 4. The number of phosphoric acid groups is 2. The van der Waals surface area contributed by atoms with Crippen molar-refractivity contribution in [3.63, 3.8) is 0 Å². The topological polar surface area (TPSA) is 237 Å². The minimum atomic E-state index is -4.96. The number of rotatable bonds is 86. The van der Waals surface area contributed by atoms with E-state index in [1.165, 1.54) is 289 Å². The lowest BCUT2D eigenvalue weighted by Gasteiger charge is -2.21. The maximum atomic E-state index is 13.1. The molecule has 3 N–H and O–H groups in total. The average molecular weight is 1540 g/mol. The number of aliphatic hydroxyl groups excluding tert-OH is 1. The molecule has 0 fully saturated rings. The number of phosphoric ester groups is 2. The Kier molecular flexibility index (Phi) is 77.3. The monoisotopic (exact) mass is 1540 g/mol. The van der Waals surface area contributed by atoms with Crippen molar-refractivity contribution in [2.24, 2.45) is 5.92 Å². The number of esters is 4. The van der Waals surface area contributed by atoms with Crippen molar-refractivity contribution in [2.75, 3.05) is 39.6 Å². The van der Waals surface area contributed by atoms with Crippen LogP contribution in [-0.4, -0.2) is 96.7 Å². The molecule has 0 heterocycles. The molecule has 0 aromatic carbocycles. The molecule has 0 saturated carbocycles. The minimum absolute atomic E-state index is 0.108. The van der Waals surface area contributed by atoms with Crippen LogP contribution in [0.1, 0.15) is 465 Å². The van der Waals surface area contributed by atoms with Gasteiger partial charge in [0.1, 0.15) is 19.3 Å². The first-order valence-corrected chi connectivity index (χ1v) is 47.6. The molecule has 0 amide bonds. The van der Waals surface area contributed by atoms with Crippen molar-refractivity contribution < 1.29 is 80.2 Å². The maximum Gasteiger partial charge on any atom is 0.472 e. The average Bonchev–Trinajstić information content (AvgIpc) is 0.908. The smallest absolute Gasteiger partial charge is 0.462 e. The number of unbranched alkanes of at least 4 members (excludes halogenated alkanes) is 58. The Hall–Kier alpha value is -1.94. The lowest BCUT2D eigenvalue weighted by Crippen LogP contribution is -2.30. The first-order chi connectivity index (χ1) is 51.0. The third-order valence-corrected chi connectivity index (χ3v) is 22.2. The Morgan fingerprint density at radius 2 is 0.438 bits per heavy atom. The first kappa shape index (κ1) is 103. The molecular weight excluding hydrogens is 1370 g/mol. The van der Waals surface area contributed by atoms with Crippen LogP contribution in [0.3, 0.4) is 0 Å². The number of hydrogen-bond acceptors (Lipinski definition) is 15. The second-order valence-electron chi connectivity index (χ2n) is 31.4. The van der Waals surface area contributed by atoms with Gasteiger partial charge >= 0.3 is 39.5 Å². The van der Waals surface area contributed by atoms with Gasteiger partial charge in [-0.15, -0.1) is 0 Å². The van der Waals surface area contributed by atoms with Crippen molar-refractivity contribution in [3.05, 3.63) is 0 Å². The van der Waals surface area contributed by atoms with E-state index in [9.17, 15) is 43.2 Å². The van der Waals surface area contributed by atoms with Crippen molar-refractivity contribution in [1.29, 1.82) is 0 Å². The predicted molar refractivity (Wildman–Crippen MR) is 432 cm³/mol. The number of carbonyl (C=O) groups excluding carboxylic acids is 4. The van der Waals surface area contributed by atoms with Crippen LogP contribution in [0.15, 0.2) is 0 Å². The molecule has 105 heavy (non-hydrogen) atoms. The molecule has 0 aliphatic carbocycles. The summed E-state index contributed by atoms with van der Waals surface area (Å²) in [6.45, 7) is 7.36. The molecule has 0 rings (SSSR count). The van der Waals surface area contributed by atoms with Crippen molar-refractivity contribution in [1.82, 2.24) is 0 Å². The summed E-state index contributed by atoms with van der Waals surface area (Å²) in [7, 11) is -9.92. The lowest BCUT2D eigenvalue weighted by molar-refractivity contribution is -0.161. The Balaban J connectivity index is 5.20. The largest absolute Gasteiger partial charge is 0.472 e. The van der Waals surface area contributed by atoms with Gasteiger partial charge in [-0.3, -0.25) is 37.3 Å². The van der Waals surface area contributed by atoms with E-state index >= 15 is 0 Å². The van der Waals surface area contributed by atoms with Crippen LogP contribution < -0.4 is 0 Å². The number of aliphatic hydroxyl groups is 1. The van der Waals surface area contributed by atoms with Gasteiger partial charge in [0.25, 0.3) is 0 Å². The highest BCUT2D eigenvalue weighted by Crippen LogP contribution is 2.45. The molecule has 0 spiro atoms. The number of ether oxygens (including phenoxy) is 4. The van der Waals surface area contributed by atoms with E-state index in [2.05, 4.69) is 34.6 Å². The molecule has 2 unspecified atom stereocenters. The van der Waals surface area contributed by atoms with Gasteiger partial charge in [-0.1, -0.05) is 413 Å². The Morgan fingerprint density at radius 1 is 0.257 bits per heavy atom. The summed E-state index contributed by atoms with van der Waals surface area (Å²) >= 11 is 0. The Labute approximate surface area is 645 Å². The normalized spacial score (nSPS) is 13.8. The van der Waals surface area contributed by atoms with Gasteiger partial charge in [0, 0.05) is 25.7 Å². The third kappa shape index (κ3) is 79.9. The first-order valence-electron chi connectivity index (χ1n) is 44.6. The highest BCUT2D eigenvalue weighted by molar-refractivity contribution is 7.47. The van der Waals surface area contributed by atoms with Crippen LogP contribution in [-0.2, 0) is 65.4 Å². The van der Waals surface area contributed by atoms with Crippen LogP contribution in [0, 0.1) is 5.92 Å². The molecule has 0 aliphatic heterocycles. The van der Waals surface area contributed by atoms with E-state index in [0.29, 0.717) is 25.7 Å². The maximum absolute atomic E-state index is 13.1. The van der Waals surface area contributed by atoms with Crippen LogP contribution >= 0.6 is 15.6 Å². The molecule has 0 aromatic rings. The van der Waals surface area contributed by atoms with Crippen LogP contribution in [0.4, 0.5) is 0 Å².